The van der Waals surface area contributed by atoms with Crippen LogP contribution in [0.1, 0.15) is 0 Å². The van der Waals surface area contributed by atoms with Gasteiger partial charge in [-0.25, -0.2) is 9.97 Å². The number of nitrogens with zero attached hydrogens (tertiary/aromatic N) is 10. The van der Waals surface area contributed by atoms with Crippen LogP contribution < -0.4 is 0 Å². The fourth-order valence-corrected chi connectivity index (χ4v) is 13.9. The van der Waals surface area contributed by atoms with E-state index < -0.39 is 0 Å². The van der Waals surface area contributed by atoms with Crippen molar-refractivity contribution in [2.45, 2.75) is 0 Å². The van der Waals surface area contributed by atoms with Crippen LogP contribution in [0, 0.1) is 0 Å². The molecule has 0 bridgehead atoms. The number of hydrogen-bond donors (Lipinski definition) is 0. The maximum atomic E-state index is 5.58. The monoisotopic (exact) mass is 1150 g/mol. The summed E-state index contributed by atoms with van der Waals surface area (Å²) in [5, 5.41) is 6.61. The maximum Gasteiger partial charge on any atom is 0.238 e. The highest BCUT2D eigenvalue weighted by atomic mass is 32.1. The summed E-state index contributed by atoms with van der Waals surface area (Å²) in [6, 6.07) is 89.6. The Morgan fingerprint density at radius 3 is 1.37 bits per heavy atom. The van der Waals surface area contributed by atoms with Gasteiger partial charge in [0.25, 0.3) is 0 Å². The van der Waals surface area contributed by atoms with Crippen LogP contribution in [0.3, 0.4) is 0 Å². The molecule has 414 valence electrons. The summed E-state index contributed by atoms with van der Waals surface area (Å²) in [6.07, 6.45) is 7.51. The van der Waals surface area contributed by atoms with Crippen LogP contribution in [0.4, 0.5) is 0 Å². The highest BCUT2D eigenvalue weighted by Gasteiger charge is 2.24. The normalized spacial score (nSPS) is 11.8. The number of rotatable bonds is 9. The lowest BCUT2D eigenvalue weighted by atomic mass is 10.0. The first-order chi connectivity index (χ1) is 44.0. The van der Waals surface area contributed by atoms with Gasteiger partial charge >= 0.3 is 0 Å². The van der Waals surface area contributed by atoms with E-state index in [0.717, 1.165) is 138 Å². The van der Waals surface area contributed by atoms with Crippen LogP contribution >= 0.6 is 11.3 Å². The van der Waals surface area contributed by atoms with Gasteiger partial charge in [-0.15, -0.1) is 11.3 Å². The molecule has 0 radical (unpaired) electrons. The molecule has 0 aliphatic heterocycles. The third-order valence-electron chi connectivity index (χ3n) is 17.2. The smallest absolute Gasteiger partial charge is 0.238 e. The van der Waals surface area contributed by atoms with E-state index in [1.807, 2.05) is 72.5 Å². The molecule has 0 fully saturated rings. The molecule has 9 heterocycles. The van der Waals surface area contributed by atoms with E-state index in [1.54, 1.807) is 0 Å². The van der Waals surface area contributed by atoms with E-state index in [1.165, 1.54) is 20.2 Å². The van der Waals surface area contributed by atoms with Gasteiger partial charge in [0.05, 0.1) is 49.8 Å². The molecule has 0 N–H and O–H groups in total. The Balaban J connectivity index is 0.899. The third-order valence-corrected chi connectivity index (χ3v) is 18.3. The molecule has 0 saturated heterocycles. The molecule has 0 atom stereocenters. The molecule has 9 aromatic heterocycles. The molecule has 0 aliphatic carbocycles. The Morgan fingerprint density at radius 2 is 0.753 bits per heavy atom. The summed E-state index contributed by atoms with van der Waals surface area (Å²) < 4.78 is 7.04. The van der Waals surface area contributed by atoms with Crippen molar-refractivity contribution in [1.82, 2.24) is 49.0 Å². The topological polar surface area (TPSA) is 113 Å². The fraction of sp³-hybridized carbons (Fsp3) is 0. The summed E-state index contributed by atoms with van der Waals surface area (Å²) in [7, 11) is 0. The summed E-state index contributed by atoms with van der Waals surface area (Å²) in [4.78, 5) is 41.0. The van der Waals surface area contributed by atoms with Gasteiger partial charge in [-0.3, -0.25) is 29.1 Å². The van der Waals surface area contributed by atoms with E-state index in [-0.39, 0.29) is 0 Å². The second-order valence-electron chi connectivity index (χ2n) is 22.4. The number of benzene rings is 9. The Kier molecular flexibility index (Phi) is 11.5. The molecule has 11 heteroatoms. The minimum Gasteiger partial charge on any atom is -0.294 e. The van der Waals surface area contributed by atoms with Gasteiger partial charge < -0.3 is 0 Å². The van der Waals surface area contributed by atoms with Gasteiger partial charge in [0, 0.05) is 94.3 Å². The van der Waals surface area contributed by atoms with Crippen molar-refractivity contribution in [1.29, 1.82) is 0 Å². The molecular formula is C78H46N10S. The van der Waals surface area contributed by atoms with Crippen molar-refractivity contribution >= 4 is 97.2 Å². The van der Waals surface area contributed by atoms with Gasteiger partial charge in [0.15, 0.2) is 11.6 Å². The fourth-order valence-electron chi connectivity index (χ4n) is 12.8. The number of thiophene rings is 1. The lowest BCUT2D eigenvalue weighted by molar-refractivity contribution is 0.953. The highest BCUT2D eigenvalue weighted by Crippen LogP contribution is 2.43. The number of fused-ring (bicyclic) bond motifs is 11. The molecule has 18 rings (SSSR count). The molecule has 0 spiro atoms. The lowest BCUT2D eigenvalue weighted by Gasteiger charge is -2.12. The Labute approximate surface area is 513 Å². The molecule has 0 unspecified atom stereocenters. The van der Waals surface area contributed by atoms with E-state index in [2.05, 4.69) is 228 Å². The van der Waals surface area contributed by atoms with Crippen molar-refractivity contribution in [3.05, 3.63) is 280 Å². The molecule has 0 saturated carbocycles. The average molecular weight is 1160 g/mol. The first-order valence-corrected chi connectivity index (χ1v) is 30.3. The van der Waals surface area contributed by atoms with Crippen LogP contribution in [0.5, 0.6) is 0 Å². The summed E-state index contributed by atoms with van der Waals surface area (Å²) in [5.74, 6) is 2.36. The van der Waals surface area contributed by atoms with Crippen LogP contribution in [-0.2, 0) is 0 Å². The summed E-state index contributed by atoms with van der Waals surface area (Å²) in [5.41, 5.74) is 19.2. The molecular weight excluding hydrogens is 1110 g/mol. The lowest BCUT2D eigenvalue weighted by Crippen LogP contribution is -2.06. The SMILES string of the molecule is c1ccc(-c2ccc(-c3nc(-c4ccc(-c5ccccc5)cc4)nc(-n4c5ccc(-c6cnc7cccnc7c6)cc5c5cc6c7cc(-c8cnc9cccnc9c8)ccc7n(-c7cccc(-c8ccc9sc%10ccccc%10c9c8)n7)c6cc54)n3)cc2)cc1. The zero-order chi connectivity index (χ0) is 58.5. The van der Waals surface area contributed by atoms with Crippen LogP contribution in [0.25, 0.3) is 176 Å². The highest BCUT2D eigenvalue weighted by molar-refractivity contribution is 7.25. The first-order valence-electron chi connectivity index (χ1n) is 29.5. The van der Waals surface area contributed by atoms with Gasteiger partial charge in [-0.05, 0) is 137 Å². The Bertz CT molecular complexity index is 5760. The Morgan fingerprint density at radius 1 is 0.258 bits per heavy atom. The zero-order valence-corrected chi connectivity index (χ0v) is 48.3. The van der Waals surface area contributed by atoms with Crippen molar-refractivity contribution in [3.8, 4) is 90.3 Å². The average Bonchev–Trinajstić information content (AvgIpc) is 2.50. The summed E-state index contributed by atoms with van der Waals surface area (Å²) >= 11 is 1.82. The van der Waals surface area contributed by atoms with Crippen molar-refractivity contribution in [3.63, 3.8) is 0 Å². The summed E-state index contributed by atoms with van der Waals surface area (Å²) in [6.45, 7) is 0. The van der Waals surface area contributed by atoms with Crippen LogP contribution in [0.15, 0.2) is 280 Å². The zero-order valence-electron chi connectivity index (χ0n) is 47.4. The van der Waals surface area contributed by atoms with Gasteiger partial charge in [-0.1, -0.05) is 152 Å². The standard InChI is InChI=1S/C78H46N10S/c1-3-12-47(13-4-1)49-22-26-51(27-23-49)76-84-77(52-28-24-50(25-29-52)48-14-5-2-6-15-48)86-78(85-76)88-70-34-31-54(57-42-68-66(82-46-57)19-11-37-80-68)39-60(70)62-43-61-59-38-53(56-41-67-65(81-45-56)18-10-36-79-67)30-33-69(59)87(71(61)44-72(62)88)75-21-9-17-64(83-75)55-32-35-74-63(40-55)58-16-7-8-20-73(58)89-74/h1-46H. The quantitative estimate of drug-likeness (QED) is 0.140. The molecule has 10 nitrogen and oxygen atoms in total. The van der Waals surface area contributed by atoms with E-state index in [0.29, 0.717) is 17.6 Å². The second kappa shape index (κ2) is 20.4. The van der Waals surface area contributed by atoms with Gasteiger partial charge in [0.2, 0.25) is 5.95 Å². The number of pyridine rings is 5. The predicted molar refractivity (Wildman–Crippen MR) is 363 cm³/mol. The molecule has 0 aliphatic rings. The first kappa shape index (κ1) is 50.4. The largest absolute Gasteiger partial charge is 0.294 e. The minimum absolute atomic E-state index is 0.478. The third kappa shape index (κ3) is 8.62. The minimum atomic E-state index is 0.478. The van der Waals surface area contributed by atoms with Crippen LogP contribution in [-0.4, -0.2) is 49.0 Å². The van der Waals surface area contributed by atoms with Crippen molar-refractivity contribution < 1.29 is 0 Å². The van der Waals surface area contributed by atoms with E-state index in [9.17, 15) is 0 Å². The molecule has 9 aromatic carbocycles. The van der Waals surface area contributed by atoms with E-state index in [4.69, 9.17) is 39.9 Å². The predicted octanol–water partition coefficient (Wildman–Crippen LogP) is 19.4. The Hall–Kier alpha value is -11.9. The van der Waals surface area contributed by atoms with Gasteiger partial charge in [0.1, 0.15) is 5.82 Å². The van der Waals surface area contributed by atoms with Crippen molar-refractivity contribution in [2.24, 2.45) is 0 Å². The second-order valence-corrected chi connectivity index (χ2v) is 23.5. The maximum absolute atomic E-state index is 5.58. The molecule has 89 heavy (non-hydrogen) atoms. The van der Waals surface area contributed by atoms with Crippen LogP contribution in [0.2, 0.25) is 0 Å². The molecule has 18 aromatic rings. The number of aromatic nitrogens is 10. The van der Waals surface area contributed by atoms with Gasteiger partial charge in [-0.2, -0.15) is 9.97 Å². The molecule has 0 amide bonds. The van der Waals surface area contributed by atoms with E-state index >= 15 is 0 Å². The van der Waals surface area contributed by atoms with Crippen molar-refractivity contribution in [2.75, 3.05) is 0 Å². The number of hydrogen-bond acceptors (Lipinski definition) is 9.